The van der Waals surface area contributed by atoms with Gasteiger partial charge in [-0.3, -0.25) is 4.90 Å². The molecule has 136 valence electrons. The Hall–Kier alpha value is -1.56. The highest BCUT2D eigenvalue weighted by atomic mass is 16.6. The number of carboxylic acids is 1. The Kier molecular flexibility index (Phi) is 5.28. The Morgan fingerprint density at radius 1 is 1.38 bits per heavy atom. The number of fused-ring (bicyclic) bond motifs is 3. The van der Waals surface area contributed by atoms with Crippen molar-refractivity contribution in [1.29, 1.82) is 0 Å². The molecular weight excluding hydrogens is 310 g/mol. The fourth-order valence-corrected chi connectivity index (χ4v) is 4.20. The summed E-state index contributed by atoms with van der Waals surface area (Å²) in [5.41, 5.74) is -1.89. The molecule has 2 bridgehead atoms. The average molecular weight is 339 g/mol. The summed E-state index contributed by atoms with van der Waals surface area (Å²) < 4.78 is 11.4. The second kappa shape index (κ2) is 6.75. The Labute approximate surface area is 143 Å². The van der Waals surface area contributed by atoms with Crippen molar-refractivity contribution in [2.45, 2.75) is 76.7 Å². The molecule has 0 unspecified atom stereocenters. The summed E-state index contributed by atoms with van der Waals surface area (Å²) in [5.74, 6) is -1.08. The minimum atomic E-state index is -1.21. The highest BCUT2D eigenvalue weighted by Crippen LogP contribution is 2.49. The topological polar surface area (TPSA) is 76.1 Å². The van der Waals surface area contributed by atoms with E-state index in [4.69, 9.17) is 9.47 Å². The van der Waals surface area contributed by atoms with E-state index in [2.05, 4.69) is 6.58 Å². The maximum Gasteiger partial charge on any atom is 0.411 e. The smallest absolute Gasteiger partial charge is 0.411 e. The van der Waals surface area contributed by atoms with Crippen LogP contribution in [0.2, 0.25) is 0 Å². The van der Waals surface area contributed by atoms with E-state index in [1.807, 2.05) is 6.92 Å². The lowest BCUT2D eigenvalue weighted by molar-refractivity contribution is -0.185. The van der Waals surface area contributed by atoms with Gasteiger partial charge in [-0.15, -0.1) is 6.58 Å². The van der Waals surface area contributed by atoms with Gasteiger partial charge >= 0.3 is 12.1 Å². The molecule has 2 heterocycles. The number of ether oxygens (including phenoxy) is 2. The lowest BCUT2D eigenvalue weighted by Crippen LogP contribution is -2.73. The van der Waals surface area contributed by atoms with Gasteiger partial charge in [0, 0.05) is 0 Å². The van der Waals surface area contributed by atoms with Gasteiger partial charge in [-0.1, -0.05) is 13.0 Å². The molecule has 3 rings (SSSR count). The van der Waals surface area contributed by atoms with E-state index in [1.165, 1.54) is 4.90 Å². The van der Waals surface area contributed by atoms with Gasteiger partial charge in [0.1, 0.15) is 11.1 Å². The maximum absolute atomic E-state index is 12.9. The van der Waals surface area contributed by atoms with Gasteiger partial charge in [-0.25, -0.2) is 9.59 Å². The van der Waals surface area contributed by atoms with Crippen LogP contribution in [0.3, 0.4) is 0 Å². The largest absolute Gasteiger partial charge is 0.479 e. The van der Waals surface area contributed by atoms with E-state index in [1.54, 1.807) is 26.8 Å². The zero-order chi connectivity index (χ0) is 18.1. The predicted molar refractivity (Wildman–Crippen MR) is 89.8 cm³/mol. The summed E-state index contributed by atoms with van der Waals surface area (Å²) in [6.07, 6.45) is 3.47. The standard InChI is InChI=1S/C18H29NO5/c1-6-10-23-14-11-12-8-9-13(14)19(16(22)24-17(3,4)5)18(12,7-2)15(20)21/h6,12-14H,1,7-11H2,2-5H3,(H,20,21)/t12-,13+,14+,18+/m1/s1. The van der Waals surface area contributed by atoms with Gasteiger partial charge in [0.05, 0.1) is 18.8 Å². The summed E-state index contributed by atoms with van der Waals surface area (Å²) in [4.78, 5) is 26.5. The summed E-state index contributed by atoms with van der Waals surface area (Å²) in [6, 6.07) is -0.277. The highest BCUT2D eigenvalue weighted by Gasteiger charge is 2.62. The lowest BCUT2D eigenvalue weighted by atomic mass is 9.64. The first-order valence-corrected chi connectivity index (χ1v) is 8.65. The molecule has 6 heteroatoms. The Morgan fingerprint density at radius 2 is 2.04 bits per heavy atom. The first kappa shape index (κ1) is 18.8. The monoisotopic (exact) mass is 339 g/mol. The molecule has 1 aliphatic carbocycles. The average Bonchev–Trinajstić information content (AvgIpc) is 2.50. The van der Waals surface area contributed by atoms with Gasteiger partial charge in [0.2, 0.25) is 0 Å². The maximum atomic E-state index is 12.9. The van der Waals surface area contributed by atoms with Crippen molar-refractivity contribution in [1.82, 2.24) is 4.90 Å². The van der Waals surface area contributed by atoms with Crippen molar-refractivity contribution in [2.24, 2.45) is 5.92 Å². The van der Waals surface area contributed by atoms with Crippen LogP contribution in [0.15, 0.2) is 12.7 Å². The third-order valence-electron chi connectivity index (χ3n) is 5.12. The lowest BCUT2D eigenvalue weighted by Gasteiger charge is -2.59. The summed E-state index contributed by atoms with van der Waals surface area (Å²) in [5, 5.41) is 9.98. The predicted octanol–water partition coefficient (Wildman–Crippen LogP) is 3.21. The molecule has 3 aliphatic rings. The highest BCUT2D eigenvalue weighted by molar-refractivity contribution is 5.86. The number of piperidine rings is 2. The minimum Gasteiger partial charge on any atom is -0.479 e. The summed E-state index contributed by atoms with van der Waals surface area (Å²) in [6.45, 7) is 11.2. The molecule has 0 spiro atoms. The first-order chi connectivity index (χ1) is 11.2. The van der Waals surface area contributed by atoms with Gasteiger partial charge in [-0.2, -0.15) is 0 Å². The molecule has 0 aromatic rings. The molecular formula is C18H29NO5. The molecule has 2 saturated heterocycles. The normalized spacial score (nSPS) is 32.5. The number of carbonyl (C=O) groups excluding carboxylic acids is 1. The Morgan fingerprint density at radius 3 is 2.54 bits per heavy atom. The molecule has 24 heavy (non-hydrogen) atoms. The molecule has 3 fully saturated rings. The second-order valence-corrected chi connectivity index (χ2v) is 7.67. The van der Waals surface area contributed by atoms with Crippen LogP contribution in [0.4, 0.5) is 4.79 Å². The molecule has 0 aromatic heterocycles. The third-order valence-corrected chi connectivity index (χ3v) is 5.12. The Balaban J connectivity index is 2.39. The minimum absolute atomic E-state index is 0.132. The number of rotatable bonds is 5. The van der Waals surface area contributed by atoms with Gasteiger partial charge in [0.25, 0.3) is 0 Å². The van der Waals surface area contributed by atoms with E-state index >= 15 is 0 Å². The van der Waals surface area contributed by atoms with E-state index in [9.17, 15) is 14.7 Å². The van der Waals surface area contributed by atoms with E-state index in [-0.39, 0.29) is 18.1 Å². The third kappa shape index (κ3) is 3.16. The van der Waals surface area contributed by atoms with Crippen molar-refractivity contribution in [3.8, 4) is 0 Å². The van der Waals surface area contributed by atoms with Crippen molar-refractivity contribution in [3.63, 3.8) is 0 Å². The van der Waals surface area contributed by atoms with Crippen LogP contribution in [0.5, 0.6) is 0 Å². The zero-order valence-corrected chi connectivity index (χ0v) is 15.1. The van der Waals surface area contributed by atoms with Crippen LogP contribution in [0, 0.1) is 5.92 Å². The molecule has 2 aliphatic heterocycles. The van der Waals surface area contributed by atoms with E-state index in [0.29, 0.717) is 19.4 Å². The quantitative estimate of drug-likeness (QED) is 0.778. The van der Waals surface area contributed by atoms with Crippen LogP contribution in [0.1, 0.15) is 53.4 Å². The molecule has 0 radical (unpaired) electrons. The first-order valence-electron chi connectivity index (χ1n) is 8.65. The second-order valence-electron chi connectivity index (χ2n) is 7.67. The van der Waals surface area contributed by atoms with Crippen LogP contribution < -0.4 is 0 Å². The van der Waals surface area contributed by atoms with Crippen LogP contribution in [-0.4, -0.2) is 52.0 Å². The van der Waals surface area contributed by atoms with Crippen molar-refractivity contribution in [2.75, 3.05) is 6.61 Å². The van der Waals surface area contributed by atoms with Crippen molar-refractivity contribution < 1.29 is 24.2 Å². The van der Waals surface area contributed by atoms with Crippen molar-refractivity contribution >= 4 is 12.1 Å². The van der Waals surface area contributed by atoms with E-state index in [0.717, 1.165) is 12.8 Å². The number of carboxylic acid groups (broad SMARTS) is 1. The fraction of sp³-hybridized carbons (Fsp3) is 0.778. The zero-order valence-electron chi connectivity index (χ0n) is 15.1. The number of nitrogens with zero attached hydrogens (tertiary/aromatic N) is 1. The van der Waals surface area contributed by atoms with Crippen LogP contribution in [-0.2, 0) is 14.3 Å². The Bertz CT molecular complexity index is 512. The number of carbonyl (C=O) groups is 2. The van der Waals surface area contributed by atoms with Gasteiger partial charge < -0.3 is 14.6 Å². The molecule has 1 saturated carbocycles. The number of amides is 1. The molecule has 1 amide bonds. The summed E-state index contributed by atoms with van der Waals surface area (Å²) >= 11 is 0. The molecule has 4 atom stereocenters. The number of aliphatic carboxylic acids is 1. The van der Waals surface area contributed by atoms with Crippen molar-refractivity contribution in [3.05, 3.63) is 12.7 Å². The van der Waals surface area contributed by atoms with Gasteiger partial charge in [-0.05, 0) is 52.4 Å². The SMILES string of the molecule is C=CCO[C@H]1C[C@H]2CC[C@@H]1N(C(=O)OC(C)(C)C)[C@]2(CC)C(=O)O. The van der Waals surface area contributed by atoms with Crippen LogP contribution in [0.25, 0.3) is 0 Å². The van der Waals surface area contributed by atoms with Crippen LogP contribution >= 0.6 is 0 Å². The van der Waals surface area contributed by atoms with Gasteiger partial charge in [0.15, 0.2) is 0 Å². The molecule has 1 N–H and O–H groups in total. The molecule has 6 nitrogen and oxygen atoms in total. The number of hydrogen-bond donors (Lipinski definition) is 1. The van der Waals surface area contributed by atoms with E-state index < -0.39 is 23.2 Å². The summed E-state index contributed by atoms with van der Waals surface area (Å²) in [7, 11) is 0. The molecule has 0 aromatic carbocycles. The fourth-order valence-electron chi connectivity index (χ4n) is 4.20. The number of hydrogen-bond acceptors (Lipinski definition) is 4.